The molecule has 0 fully saturated rings. The fraction of sp³-hybridized carbons (Fsp3) is 0.562. The minimum atomic E-state index is -0.252. The van der Waals surface area contributed by atoms with Crippen molar-refractivity contribution in [3.8, 4) is 0 Å². The molecule has 20 heavy (non-hydrogen) atoms. The van der Waals surface area contributed by atoms with Gasteiger partial charge in [-0.3, -0.25) is 4.79 Å². The molecule has 1 aromatic rings. The lowest BCUT2D eigenvalue weighted by Gasteiger charge is -2.32. The molecule has 1 unspecified atom stereocenters. The Labute approximate surface area is 121 Å². The van der Waals surface area contributed by atoms with Gasteiger partial charge in [0.1, 0.15) is 5.82 Å². The van der Waals surface area contributed by atoms with Crippen LogP contribution in [0.4, 0.5) is 4.39 Å². The van der Waals surface area contributed by atoms with Gasteiger partial charge in [-0.2, -0.15) is 0 Å². The minimum Gasteiger partial charge on any atom is -0.354 e. The van der Waals surface area contributed by atoms with Gasteiger partial charge in [0.25, 0.3) is 0 Å². The summed E-state index contributed by atoms with van der Waals surface area (Å²) in [5, 5.41) is 2.96. The molecule has 0 saturated carbocycles. The van der Waals surface area contributed by atoms with Crippen molar-refractivity contribution in [2.45, 2.75) is 38.6 Å². The molecule has 0 heterocycles. The van der Waals surface area contributed by atoms with Gasteiger partial charge in [0.2, 0.25) is 5.91 Å². The summed E-state index contributed by atoms with van der Waals surface area (Å²) in [6, 6.07) is 6.33. The number of hydrogen-bond donors (Lipinski definition) is 1. The van der Waals surface area contributed by atoms with E-state index in [9.17, 15) is 9.18 Å². The van der Waals surface area contributed by atoms with Gasteiger partial charge in [-0.1, -0.05) is 19.1 Å². The van der Waals surface area contributed by atoms with Gasteiger partial charge in [-0.15, -0.1) is 0 Å². The Bertz CT molecular complexity index is 440. The quantitative estimate of drug-likeness (QED) is 0.869. The molecule has 1 N–H and O–H groups in total. The van der Waals surface area contributed by atoms with Crippen molar-refractivity contribution in [3.05, 3.63) is 35.6 Å². The molecule has 1 aromatic carbocycles. The SMILES string of the molecule is CC(CC(=O)NCC(C)(C)N(C)C)c1ccc(F)cc1. The van der Waals surface area contributed by atoms with E-state index in [1.807, 2.05) is 21.0 Å². The van der Waals surface area contributed by atoms with Crippen LogP contribution >= 0.6 is 0 Å². The summed E-state index contributed by atoms with van der Waals surface area (Å²) < 4.78 is 12.9. The molecule has 0 aliphatic rings. The second-order valence-electron chi connectivity index (χ2n) is 6.14. The number of rotatable bonds is 6. The van der Waals surface area contributed by atoms with Crippen molar-refractivity contribution in [1.29, 1.82) is 0 Å². The summed E-state index contributed by atoms with van der Waals surface area (Å²) in [6.45, 7) is 6.74. The zero-order valence-corrected chi connectivity index (χ0v) is 13.0. The molecule has 0 aliphatic heterocycles. The molecule has 1 atom stereocenters. The van der Waals surface area contributed by atoms with E-state index >= 15 is 0 Å². The Hall–Kier alpha value is -1.42. The average molecular weight is 280 g/mol. The van der Waals surface area contributed by atoms with Gasteiger partial charge in [-0.25, -0.2) is 4.39 Å². The number of nitrogens with one attached hydrogen (secondary N) is 1. The Morgan fingerprint density at radius 3 is 2.35 bits per heavy atom. The van der Waals surface area contributed by atoms with E-state index in [4.69, 9.17) is 0 Å². The number of benzene rings is 1. The highest BCUT2D eigenvalue weighted by Gasteiger charge is 2.21. The smallest absolute Gasteiger partial charge is 0.220 e. The molecule has 3 nitrogen and oxygen atoms in total. The van der Waals surface area contributed by atoms with Crippen molar-refractivity contribution in [3.63, 3.8) is 0 Å². The molecule has 0 saturated heterocycles. The van der Waals surface area contributed by atoms with Gasteiger partial charge in [-0.05, 0) is 51.6 Å². The van der Waals surface area contributed by atoms with Crippen molar-refractivity contribution in [2.75, 3.05) is 20.6 Å². The molecule has 1 amide bonds. The molecular weight excluding hydrogens is 255 g/mol. The van der Waals surface area contributed by atoms with Crippen molar-refractivity contribution < 1.29 is 9.18 Å². The summed E-state index contributed by atoms with van der Waals surface area (Å²) in [5.74, 6) is -0.145. The average Bonchev–Trinajstić information content (AvgIpc) is 2.37. The van der Waals surface area contributed by atoms with Gasteiger partial charge in [0.05, 0.1) is 0 Å². The predicted molar refractivity (Wildman–Crippen MR) is 80.2 cm³/mol. The van der Waals surface area contributed by atoms with Crippen LogP contribution in [0.3, 0.4) is 0 Å². The summed E-state index contributed by atoms with van der Waals surface area (Å²) in [5.41, 5.74) is 0.905. The second kappa shape index (κ2) is 6.84. The number of carbonyl (C=O) groups is 1. The maximum absolute atomic E-state index is 12.9. The van der Waals surface area contributed by atoms with E-state index in [1.165, 1.54) is 12.1 Å². The highest BCUT2D eigenvalue weighted by atomic mass is 19.1. The number of carbonyl (C=O) groups excluding carboxylic acids is 1. The van der Waals surface area contributed by atoms with Crippen LogP contribution in [0.15, 0.2) is 24.3 Å². The van der Waals surface area contributed by atoms with E-state index in [0.717, 1.165) is 5.56 Å². The van der Waals surface area contributed by atoms with Crippen LogP contribution in [0.5, 0.6) is 0 Å². The Morgan fingerprint density at radius 2 is 1.85 bits per heavy atom. The predicted octanol–water partition coefficient (Wildman–Crippen LogP) is 2.78. The normalized spacial score (nSPS) is 13.3. The minimum absolute atomic E-state index is 0.0248. The Balaban J connectivity index is 2.48. The highest BCUT2D eigenvalue weighted by molar-refractivity contribution is 5.76. The number of hydrogen-bond acceptors (Lipinski definition) is 2. The highest BCUT2D eigenvalue weighted by Crippen LogP contribution is 2.19. The maximum Gasteiger partial charge on any atom is 0.220 e. The van der Waals surface area contributed by atoms with Crippen LogP contribution in [-0.2, 0) is 4.79 Å². The summed E-state index contributed by atoms with van der Waals surface area (Å²) in [4.78, 5) is 14.0. The molecular formula is C16H25FN2O. The maximum atomic E-state index is 12.9. The zero-order valence-electron chi connectivity index (χ0n) is 13.0. The van der Waals surface area contributed by atoms with Crippen LogP contribution in [0.1, 0.15) is 38.7 Å². The van der Waals surface area contributed by atoms with E-state index in [2.05, 4.69) is 24.1 Å². The fourth-order valence-corrected chi connectivity index (χ4v) is 1.73. The van der Waals surface area contributed by atoms with Crippen molar-refractivity contribution in [2.24, 2.45) is 0 Å². The molecule has 0 radical (unpaired) electrons. The van der Waals surface area contributed by atoms with Crippen LogP contribution in [0, 0.1) is 5.82 Å². The van der Waals surface area contributed by atoms with Gasteiger partial charge < -0.3 is 10.2 Å². The molecule has 0 bridgehead atoms. The summed E-state index contributed by atoms with van der Waals surface area (Å²) in [6.07, 6.45) is 0.412. The first-order chi connectivity index (χ1) is 9.22. The molecule has 112 valence electrons. The molecule has 0 aromatic heterocycles. The molecule has 0 aliphatic carbocycles. The molecule has 0 spiro atoms. The molecule has 1 rings (SSSR count). The van der Waals surface area contributed by atoms with Crippen LogP contribution in [0.2, 0.25) is 0 Å². The lowest BCUT2D eigenvalue weighted by Crippen LogP contribution is -2.48. The lowest BCUT2D eigenvalue weighted by atomic mass is 9.97. The van der Waals surface area contributed by atoms with E-state index in [1.54, 1.807) is 12.1 Å². The zero-order chi connectivity index (χ0) is 15.3. The Kier molecular flexibility index (Phi) is 5.69. The molecule has 4 heteroatoms. The fourth-order valence-electron chi connectivity index (χ4n) is 1.73. The van der Waals surface area contributed by atoms with Crippen molar-refractivity contribution >= 4 is 5.91 Å². The number of likely N-dealkylation sites (N-methyl/N-ethyl adjacent to an activating group) is 1. The van der Waals surface area contributed by atoms with Gasteiger partial charge in [0, 0.05) is 18.5 Å². The number of halogens is 1. The van der Waals surface area contributed by atoms with Crippen LogP contribution in [-0.4, -0.2) is 37.0 Å². The first kappa shape index (κ1) is 16.6. The van der Waals surface area contributed by atoms with Crippen LogP contribution in [0.25, 0.3) is 0 Å². The monoisotopic (exact) mass is 280 g/mol. The lowest BCUT2D eigenvalue weighted by molar-refractivity contribution is -0.121. The second-order valence-corrected chi connectivity index (χ2v) is 6.14. The third-order valence-corrected chi connectivity index (χ3v) is 3.86. The third-order valence-electron chi connectivity index (χ3n) is 3.86. The first-order valence-electron chi connectivity index (χ1n) is 6.92. The van der Waals surface area contributed by atoms with Gasteiger partial charge in [0.15, 0.2) is 0 Å². The van der Waals surface area contributed by atoms with E-state index in [0.29, 0.717) is 13.0 Å². The topological polar surface area (TPSA) is 32.3 Å². The largest absolute Gasteiger partial charge is 0.354 e. The van der Waals surface area contributed by atoms with Crippen molar-refractivity contribution in [1.82, 2.24) is 10.2 Å². The summed E-state index contributed by atoms with van der Waals surface area (Å²) in [7, 11) is 3.99. The standard InChI is InChI=1S/C16H25FN2O/c1-12(13-6-8-14(17)9-7-13)10-15(20)18-11-16(2,3)19(4)5/h6-9,12H,10-11H2,1-5H3,(H,18,20). The third kappa shape index (κ3) is 4.93. The Morgan fingerprint density at radius 1 is 1.30 bits per heavy atom. The van der Waals surface area contributed by atoms with E-state index < -0.39 is 0 Å². The first-order valence-corrected chi connectivity index (χ1v) is 6.92. The number of nitrogens with zero attached hydrogens (tertiary/aromatic N) is 1. The van der Waals surface area contributed by atoms with E-state index in [-0.39, 0.29) is 23.2 Å². The van der Waals surface area contributed by atoms with Crippen LogP contribution < -0.4 is 5.32 Å². The summed E-state index contributed by atoms with van der Waals surface area (Å²) >= 11 is 0. The number of amides is 1. The van der Waals surface area contributed by atoms with Gasteiger partial charge >= 0.3 is 0 Å².